The highest BCUT2D eigenvalue weighted by Gasteiger charge is 2.73. The first-order valence-electron chi connectivity index (χ1n) is 9.93. The molecule has 5 rings (SSSR count). The first-order valence-corrected chi connectivity index (χ1v) is 11.5. The SMILES string of the molecule is C[C@H]1C[C@]2(CO)O[C@@H]2C[C@@H]1C(=O)N1[C@@H]2C[C@H]3CC[C@@]2(CS1(=O)=O)C3(C)C. The maximum absolute atomic E-state index is 13.4. The molecule has 3 saturated carbocycles. The number of hydrogen-bond donors (Lipinski definition) is 1. The van der Waals surface area contributed by atoms with E-state index in [4.69, 9.17) is 4.74 Å². The Morgan fingerprint density at radius 2 is 2.04 bits per heavy atom. The second kappa shape index (κ2) is 4.84. The Kier molecular flexibility index (Phi) is 3.25. The summed E-state index contributed by atoms with van der Waals surface area (Å²) < 4.78 is 33.1. The van der Waals surface area contributed by atoms with Crippen LogP contribution in [0.5, 0.6) is 0 Å². The summed E-state index contributed by atoms with van der Waals surface area (Å²) in [6.07, 6.45) is 3.86. The van der Waals surface area contributed by atoms with E-state index in [9.17, 15) is 18.3 Å². The number of rotatable bonds is 2. The lowest BCUT2D eigenvalue weighted by Crippen LogP contribution is -2.49. The van der Waals surface area contributed by atoms with Crippen LogP contribution in [-0.4, -0.2) is 53.8 Å². The second-order valence-electron chi connectivity index (χ2n) is 10.1. The van der Waals surface area contributed by atoms with Gasteiger partial charge in [0, 0.05) is 11.3 Å². The molecule has 3 aliphatic carbocycles. The Morgan fingerprint density at radius 1 is 1.31 bits per heavy atom. The zero-order chi connectivity index (χ0) is 18.7. The molecule has 2 saturated heterocycles. The van der Waals surface area contributed by atoms with Gasteiger partial charge in [0.05, 0.1) is 24.5 Å². The molecule has 7 heteroatoms. The van der Waals surface area contributed by atoms with Gasteiger partial charge in [0.25, 0.3) is 0 Å². The zero-order valence-electron chi connectivity index (χ0n) is 15.8. The maximum Gasteiger partial charge on any atom is 0.239 e. The average Bonchev–Trinajstić information content (AvgIpc) is 3.07. The quantitative estimate of drug-likeness (QED) is 0.731. The van der Waals surface area contributed by atoms with Crippen LogP contribution in [-0.2, 0) is 19.6 Å². The van der Waals surface area contributed by atoms with E-state index >= 15 is 0 Å². The van der Waals surface area contributed by atoms with E-state index in [0.29, 0.717) is 18.8 Å². The van der Waals surface area contributed by atoms with E-state index in [1.54, 1.807) is 0 Å². The summed E-state index contributed by atoms with van der Waals surface area (Å²) in [6.45, 7) is 6.36. The summed E-state index contributed by atoms with van der Waals surface area (Å²) in [6, 6.07) is -0.161. The third-order valence-corrected chi connectivity index (χ3v) is 10.9. The van der Waals surface area contributed by atoms with Crippen molar-refractivity contribution in [3.8, 4) is 0 Å². The van der Waals surface area contributed by atoms with Crippen LogP contribution in [0.15, 0.2) is 0 Å². The van der Waals surface area contributed by atoms with Crippen LogP contribution in [0.4, 0.5) is 0 Å². The maximum atomic E-state index is 13.4. The normalized spacial score (nSPS) is 52.6. The highest BCUT2D eigenvalue weighted by atomic mass is 32.2. The van der Waals surface area contributed by atoms with Crippen molar-refractivity contribution >= 4 is 15.9 Å². The highest BCUT2D eigenvalue weighted by molar-refractivity contribution is 7.90. The smallest absolute Gasteiger partial charge is 0.239 e. The minimum Gasteiger partial charge on any atom is -0.393 e. The fourth-order valence-corrected chi connectivity index (χ4v) is 9.72. The Hall–Kier alpha value is -0.660. The van der Waals surface area contributed by atoms with Crippen molar-refractivity contribution in [2.75, 3.05) is 12.4 Å². The van der Waals surface area contributed by atoms with Crippen molar-refractivity contribution in [2.45, 2.75) is 70.6 Å². The number of epoxide rings is 1. The van der Waals surface area contributed by atoms with Crippen molar-refractivity contribution in [2.24, 2.45) is 28.6 Å². The fourth-order valence-electron chi connectivity index (χ4n) is 7.13. The lowest BCUT2D eigenvalue weighted by atomic mass is 9.68. The molecule has 2 aliphatic heterocycles. The van der Waals surface area contributed by atoms with E-state index in [2.05, 4.69) is 13.8 Å². The summed E-state index contributed by atoms with van der Waals surface area (Å²) in [5.74, 6) is 0.114. The van der Waals surface area contributed by atoms with Crippen LogP contribution in [0, 0.1) is 28.6 Å². The van der Waals surface area contributed by atoms with Crippen LogP contribution < -0.4 is 0 Å². The summed E-state index contributed by atoms with van der Waals surface area (Å²) >= 11 is 0. The first-order chi connectivity index (χ1) is 12.1. The predicted octanol–water partition coefficient (Wildman–Crippen LogP) is 1.53. The Labute approximate surface area is 155 Å². The lowest BCUT2D eigenvalue weighted by molar-refractivity contribution is -0.136. The van der Waals surface area contributed by atoms with E-state index in [-0.39, 0.29) is 53.1 Å². The molecule has 5 fully saturated rings. The van der Waals surface area contributed by atoms with Crippen molar-refractivity contribution in [3.05, 3.63) is 0 Å². The molecule has 2 bridgehead atoms. The van der Waals surface area contributed by atoms with Gasteiger partial charge < -0.3 is 9.84 Å². The number of carbonyl (C=O) groups excluding carboxylic acids is 1. The van der Waals surface area contributed by atoms with Gasteiger partial charge in [0.2, 0.25) is 15.9 Å². The van der Waals surface area contributed by atoms with Gasteiger partial charge in [-0.1, -0.05) is 20.8 Å². The van der Waals surface area contributed by atoms with Gasteiger partial charge in [-0.25, -0.2) is 12.7 Å². The largest absolute Gasteiger partial charge is 0.393 e. The minimum atomic E-state index is -3.56. The highest BCUT2D eigenvalue weighted by Crippen LogP contribution is 2.70. The number of amides is 1. The van der Waals surface area contributed by atoms with E-state index in [1.807, 2.05) is 6.92 Å². The molecule has 146 valence electrons. The molecule has 2 heterocycles. The number of nitrogens with zero attached hydrogens (tertiary/aromatic N) is 1. The number of aliphatic hydroxyl groups is 1. The minimum absolute atomic E-state index is 0.0201. The zero-order valence-corrected chi connectivity index (χ0v) is 16.6. The molecule has 0 radical (unpaired) electrons. The van der Waals surface area contributed by atoms with Gasteiger partial charge in [-0.05, 0) is 49.4 Å². The number of hydrogen-bond acceptors (Lipinski definition) is 5. The molecule has 0 unspecified atom stereocenters. The third-order valence-electron chi connectivity index (χ3n) is 8.94. The van der Waals surface area contributed by atoms with Crippen LogP contribution in [0.25, 0.3) is 0 Å². The predicted molar refractivity (Wildman–Crippen MR) is 94.6 cm³/mol. The first kappa shape index (κ1) is 17.4. The summed E-state index contributed by atoms with van der Waals surface area (Å²) in [4.78, 5) is 13.4. The summed E-state index contributed by atoms with van der Waals surface area (Å²) in [5.41, 5.74) is -0.770. The van der Waals surface area contributed by atoms with Crippen LogP contribution in [0.1, 0.15) is 52.9 Å². The topological polar surface area (TPSA) is 87.2 Å². The van der Waals surface area contributed by atoms with Gasteiger partial charge in [0.15, 0.2) is 0 Å². The van der Waals surface area contributed by atoms with Crippen LogP contribution >= 0.6 is 0 Å². The molecule has 1 spiro atoms. The standard InChI is InChI=1S/C19H29NO5S/c1-11-8-19(9-21)15(25-19)7-13(11)16(22)20-14-6-12-4-5-18(14,17(12,2)3)10-26(20,23)24/h11-15,21H,4-10H2,1-3H3/t11-,12+,13-,14+,15+,18-,19+/m0/s1. The van der Waals surface area contributed by atoms with Crippen molar-refractivity contribution < 1.29 is 23.1 Å². The van der Waals surface area contributed by atoms with Gasteiger partial charge in [0.1, 0.15) is 5.60 Å². The van der Waals surface area contributed by atoms with E-state index in [1.165, 1.54) is 4.31 Å². The number of sulfonamides is 1. The lowest BCUT2D eigenvalue weighted by Gasteiger charge is -2.38. The number of ether oxygens (including phenoxy) is 1. The molecule has 1 N–H and O–H groups in total. The number of carbonyl (C=O) groups is 1. The van der Waals surface area contributed by atoms with E-state index < -0.39 is 15.6 Å². The molecule has 0 aromatic carbocycles. The summed E-state index contributed by atoms with van der Waals surface area (Å²) in [7, 11) is -3.56. The van der Waals surface area contributed by atoms with Crippen LogP contribution in [0.3, 0.4) is 0 Å². The molecule has 1 amide bonds. The van der Waals surface area contributed by atoms with Crippen molar-refractivity contribution in [1.29, 1.82) is 0 Å². The molecule has 5 aliphatic rings. The second-order valence-corrected chi connectivity index (χ2v) is 12.0. The molecule has 6 nitrogen and oxygen atoms in total. The molecular formula is C19H29NO5S. The van der Waals surface area contributed by atoms with Gasteiger partial charge in [-0.3, -0.25) is 4.79 Å². The fraction of sp³-hybridized carbons (Fsp3) is 0.947. The van der Waals surface area contributed by atoms with Gasteiger partial charge >= 0.3 is 0 Å². The Bertz CT molecular complexity index is 779. The van der Waals surface area contributed by atoms with Crippen molar-refractivity contribution in [1.82, 2.24) is 4.31 Å². The molecule has 26 heavy (non-hydrogen) atoms. The Morgan fingerprint density at radius 3 is 2.69 bits per heavy atom. The third kappa shape index (κ3) is 1.85. The Balaban J connectivity index is 1.46. The average molecular weight is 384 g/mol. The monoisotopic (exact) mass is 383 g/mol. The van der Waals surface area contributed by atoms with E-state index in [0.717, 1.165) is 19.3 Å². The van der Waals surface area contributed by atoms with Crippen molar-refractivity contribution in [3.63, 3.8) is 0 Å². The number of fused-ring (bicyclic) bond motifs is 2. The molecule has 0 aromatic heterocycles. The summed E-state index contributed by atoms with van der Waals surface area (Å²) in [5, 5.41) is 9.56. The van der Waals surface area contributed by atoms with Gasteiger partial charge in [-0.15, -0.1) is 0 Å². The molecule has 7 atom stereocenters. The molecule has 0 aromatic rings. The van der Waals surface area contributed by atoms with Gasteiger partial charge in [-0.2, -0.15) is 0 Å². The molecular weight excluding hydrogens is 354 g/mol. The van der Waals surface area contributed by atoms with Crippen LogP contribution in [0.2, 0.25) is 0 Å². The number of aliphatic hydroxyl groups excluding tert-OH is 1.